The van der Waals surface area contributed by atoms with Crippen LogP contribution in [0.5, 0.6) is 0 Å². The Morgan fingerprint density at radius 3 is 2.13 bits per heavy atom. The molecular weight excluding hydrogens is 633 g/mol. The zero-order valence-corrected chi connectivity index (χ0v) is 26.9. The minimum atomic E-state index is -3.41. The number of alkyl carbamates (subject to hydrolysis) is 2. The molecule has 0 atom stereocenters. The predicted octanol–water partition coefficient (Wildman–Crippen LogP) is 5.55. The largest absolute Gasteiger partial charge is 0.444 e. The van der Waals surface area contributed by atoms with Crippen molar-refractivity contribution in [3.8, 4) is 6.07 Å². The molecule has 0 radical (unpaired) electrons. The van der Waals surface area contributed by atoms with Gasteiger partial charge in [0.1, 0.15) is 17.8 Å². The van der Waals surface area contributed by atoms with Crippen LogP contribution in [0.2, 0.25) is 5.02 Å². The highest BCUT2D eigenvalue weighted by Crippen LogP contribution is 2.31. The fraction of sp³-hybridized carbons (Fsp3) is 0.433. The van der Waals surface area contributed by atoms with Crippen molar-refractivity contribution in [3.63, 3.8) is 0 Å². The van der Waals surface area contributed by atoms with Crippen LogP contribution in [0.15, 0.2) is 41.6 Å². The number of carbonyl (C=O) groups is 3. The van der Waals surface area contributed by atoms with E-state index in [1.54, 1.807) is 47.6 Å². The predicted molar refractivity (Wildman–Crippen MR) is 164 cm³/mol. The van der Waals surface area contributed by atoms with Crippen molar-refractivity contribution in [1.29, 1.82) is 5.26 Å². The van der Waals surface area contributed by atoms with Crippen LogP contribution in [-0.2, 0) is 31.4 Å². The molecule has 0 spiro atoms. The molecule has 2 aromatic carbocycles. The van der Waals surface area contributed by atoms with Crippen molar-refractivity contribution in [2.24, 2.45) is 5.16 Å². The summed E-state index contributed by atoms with van der Waals surface area (Å²) in [6.45, 7) is 8.36. The van der Waals surface area contributed by atoms with E-state index in [-0.39, 0.29) is 40.6 Å². The first kappa shape index (κ1) is 37.5. The van der Waals surface area contributed by atoms with Gasteiger partial charge < -0.3 is 24.9 Å². The summed E-state index contributed by atoms with van der Waals surface area (Å²) in [6.07, 6.45) is -2.48. The standard InChI is InChI=1S/C30H36ClF3N6O6/c1-28(2,3)45-26(42)38-25(39-27(43)46-29(4,5)6)40-44-13-12-36-23(41)15-21-18(16-35)10-11-22(24(21)32)37-17-30(33,34)19-8-7-9-20(31)14-19/h7-11,14,37H,12-13,15,17H2,1-6H3,(H,36,41)(H2,38,39,40,42,43). The second-order valence-corrected chi connectivity index (χ2v) is 12.1. The van der Waals surface area contributed by atoms with Gasteiger partial charge in [0.2, 0.25) is 5.91 Å². The fourth-order valence-electron chi connectivity index (χ4n) is 3.51. The summed E-state index contributed by atoms with van der Waals surface area (Å²) in [7, 11) is 0. The van der Waals surface area contributed by atoms with Gasteiger partial charge in [-0.15, -0.1) is 0 Å². The number of benzene rings is 2. The number of amides is 3. The van der Waals surface area contributed by atoms with Crippen LogP contribution in [0, 0.1) is 17.1 Å². The lowest BCUT2D eigenvalue weighted by molar-refractivity contribution is -0.120. The normalized spacial score (nSPS) is 11.4. The Bertz CT molecular complexity index is 1450. The van der Waals surface area contributed by atoms with E-state index in [1.165, 1.54) is 24.3 Å². The Labute approximate surface area is 269 Å². The number of carbonyl (C=O) groups excluding carboxylic acids is 3. The van der Waals surface area contributed by atoms with Gasteiger partial charge in [-0.1, -0.05) is 23.7 Å². The molecule has 16 heteroatoms. The van der Waals surface area contributed by atoms with Crippen molar-refractivity contribution >= 4 is 41.3 Å². The third kappa shape index (κ3) is 13.1. The second kappa shape index (κ2) is 16.0. The lowest BCUT2D eigenvalue weighted by Gasteiger charge is -2.21. The highest BCUT2D eigenvalue weighted by atomic mass is 35.5. The Kier molecular flexibility index (Phi) is 13.1. The number of ether oxygens (including phenoxy) is 2. The molecule has 0 aromatic heterocycles. The highest BCUT2D eigenvalue weighted by Gasteiger charge is 2.32. The number of guanidine groups is 1. The Hall–Kier alpha value is -4.71. The van der Waals surface area contributed by atoms with Crippen molar-refractivity contribution in [2.75, 3.05) is 25.0 Å². The van der Waals surface area contributed by atoms with E-state index < -0.39 is 60.0 Å². The molecule has 2 rings (SSSR count). The topological polar surface area (TPSA) is 163 Å². The van der Waals surface area contributed by atoms with E-state index >= 15 is 4.39 Å². The summed E-state index contributed by atoms with van der Waals surface area (Å²) >= 11 is 5.80. The monoisotopic (exact) mass is 668 g/mol. The van der Waals surface area contributed by atoms with Gasteiger partial charge in [0.15, 0.2) is 5.82 Å². The number of nitriles is 1. The maximum absolute atomic E-state index is 15.3. The van der Waals surface area contributed by atoms with Crippen LogP contribution in [-0.4, -0.2) is 55.0 Å². The number of hydrogen-bond donors (Lipinski definition) is 4. The summed E-state index contributed by atoms with van der Waals surface area (Å²) < 4.78 is 54.9. The number of nitrogens with one attached hydrogen (secondary N) is 4. The number of nitrogens with zero attached hydrogens (tertiary/aromatic N) is 2. The summed E-state index contributed by atoms with van der Waals surface area (Å²) in [6, 6.07) is 9.20. The number of alkyl halides is 2. The quantitative estimate of drug-likeness (QED) is 0.111. The lowest BCUT2D eigenvalue weighted by Crippen LogP contribution is -2.47. The number of anilines is 1. The molecule has 0 fully saturated rings. The van der Waals surface area contributed by atoms with E-state index in [4.69, 9.17) is 25.9 Å². The summed E-state index contributed by atoms with van der Waals surface area (Å²) in [5.41, 5.74) is -2.87. The zero-order chi connectivity index (χ0) is 34.7. The fourth-order valence-corrected chi connectivity index (χ4v) is 3.70. The molecule has 0 saturated heterocycles. The van der Waals surface area contributed by atoms with Gasteiger partial charge in [-0.3, -0.25) is 15.4 Å². The third-order valence-corrected chi connectivity index (χ3v) is 5.59. The summed E-state index contributed by atoms with van der Waals surface area (Å²) in [5.74, 6) is -5.62. The molecule has 0 bridgehead atoms. The van der Waals surface area contributed by atoms with Crippen molar-refractivity contribution in [1.82, 2.24) is 16.0 Å². The van der Waals surface area contributed by atoms with Crippen molar-refractivity contribution < 1.29 is 41.9 Å². The van der Waals surface area contributed by atoms with Crippen molar-refractivity contribution in [3.05, 3.63) is 63.9 Å². The maximum Gasteiger partial charge on any atom is 0.414 e. The molecule has 250 valence electrons. The van der Waals surface area contributed by atoms with Gasteiger partial charge in [-0.25, -0.2) is 14.0 Å². The molecule has 4 N–H and O–H groups in total. The van der Waals surface area contributed by atoms with Crippen LogP contribution >= 0.6 is 11.6 Å². The first-order chi connectivity index (χ1) is 21.3. The number of halogens is 4. The molecule has 0 aliphatic heterocycles. The molecular formula is C30H36ClF3N6O6. The van der Waals surface area contributed by atoms with Gasteiger partial charge >= 0.3 is 12.2 Å². The summed E-state index contributed by atoms with van der Waals surface area (Å²) in [4.78, 5) is 41.9. The summed E-state index contributed by atoms with van der Waals surface area (Å²) in [5, 5.41) is 22.4. The average Bonchev–Trinajstić information content (AvgIpc) is 2.91. The number of hydrogen-bond acceptors (Lipinski definition) is 9. The van der Waals surface area contributed by atoms with Gasteiger partial charge in [0.05, 0.1) is 36.8 Å². The van der Waals surface area contributed by atoms with E-state index in [1.807, 2.05) is 0 Å². The molecule has 46 heavy (non-hydrogen) atoms. The highest BCUT2D eigenvalue weighted by molar-refractivity contribution is 6.30. The minimum Gasteiger partial charge on any atom is -0.444 e. The first-order valence-corrected chi connectivity index (χ1v) is 14.2. The SMILES string of the molecule is CC(C)(C)OC(=O)NC(=NOCCNC(=O)Cc1c(C#N)ccc(NCC(F)(F)c2cccc(Cl)c2)c1F)NC(=O)OC(C)(C)C. The average molecular weight is 669 g/mol. The van der Waals surface area contributed by atoms with Crippen LogP contribution in [0.1, 0.15) is 58.2 Å². The Balaban J connectivity index is 2.02. The van der Waals surface area contributed by atoms with Crippen LogP contribution in [0.3, 0.4) is 0 Å². The van der Waals surface area contributed by atoms with E-state index in [0.717, 1.165) is 12.1 Å². The second-order valence-electron chi connectivity index (χ2n) is 11.7. The van der Waals surface area contributed by atoms with Crippen LogP contribution in [0.4, 0.5) is 28.4 Å². The molecule has 0 unspecified atom stereocenters. The molecule has 3 amide bonds. The maximum atomic E-state index is 15.3. The van der Waals surface area contributed by atoms with E-state index in [0.29, 0.717) is 0 Å². The van der Waals surface area contributed by atoms with Crippen LogP contribution < -0.4 is 21.3 Å². The molecule has 0 heterocycles. The molecule has 12 nitrogen and oxygen atoms in total. The molecule has 0 aliphatic carbocycles. The van der Waals surface area contributed by atoms with Gasteiger partial charge in [0.25, 0.3) is 11.9 Å². The Morgan fingerprint density at radius 2 is 1.59 bits per heavy atom. The zero-order valence-electron chi connectivity index (χ0n) is 26.1. The minimum absolute atomic E-state index is 0.114. The lowest BCUT2D eigenvalue weighted by atomic mass is 10.0. The number of rotatable bonds is 10. The van der Waals surface area contributed by atoms with Gasteiger partial charge in [0, 0.05) is 16.1 Å². The molecule has 0 aliphatic rings. The van der Waals surface area contributed by atoms with Crippen LogP contribution in [0.25, 0.3) is 0 Å². The van der Waals surface area contributed by atoms with Gasteiger partial charge in [-0.2, -0.15) is 14.0 Å². The van der Waals surface area contributed by atoms with Crippen molar-refractivity contribution in [2.45, 2.75) is 65.1 Å². The van der Waals surface area contributed by atoms with E-state index in [9.17, 15) is 28.4 Å². The van der Waals surface area contributed by atoms with E-state index in [2.05, 4.69) is 26.4 Å². The smallest absolute Gasteiger partial charge is 0.414 e. The first-order valence-electron chi connectivity index (χ1n) is 13.9. The Morgan fingerprint density at radius 1 is 0.978 bits per heavy atom. The van der Waals surface area contributed by atoms with Gasteiger partial charge in [-0.05, 0) is 71.0 Å². The number of oxime groups is 1. The third-order valence-electron chi connectivity index (χ3n) is 5.36. The molecule has 0 saturated carbocycles. The molecule has 2 aromatic rings.